The van der Waals surface area contributed by atoms with Crippen molar-refractivity contribution < 1.29 is 14.3 Å². The number of benzene rings is 2. The number of ether oxygens (including phenoxy) is 1. The Morgan fingerprint density at radius 3 is 1.90 bits per heavy atom. The lowest BCUT2D eigenvalue weighted by Crippen LogP contribution is -2.53. The minimum absolute atomic E-state index is 0.0419. The van der Waals surface area contributed by atoms with Crippen LogP contribution in [0.5, 0.6) is 11.5 Å². The molecule has 4 rings (SSSR count). The molecule has 2 amide bonds. The van der Waals surface area contributed by atoms with Crippen LogP contribution in [0.3, 0.4) is 0 Å². The number of nitrogens with two attached hydrogens (primary N) is 2. The van der Waals surface area contributed by atoms with Crippen LogP contribution in [0.4, 0.5) is 0 Å². The smallest absolute Gasteiger partial charge is 0.251 e. The van der Waals surface area contributed by atoms with E-state index in [1.54, 1.807) is 48.5 Å². The summed E-state index contributed by atoms with van der Waals surface area (Å²) in [6, 6.07) is 14.2. The number of carbonyl (C=O) groups excluding carboxylic acids is 2. The van der Waals surface area contributed by atoms with Gasteiger partial charge in [0.25, 0.3) is 5.91 Å². The zero-order valence-corrected chi connectivity index (χ0v) is 16.3. The molecule has 0 heterocycles. The molecular formula is C23H27N3O3. The average Bonchev–Trinajstić information content (AvgIpc) is 2.69. The van der Waals surface area contributed by atoms with Crippen LogP contribution in [0, 0.1) is 11.8 Å². The van der Waals surface area contributed by atoms with Gasteiger partial charge in [-0.3, -0.25) is 9.59 Å². The van der Waals surface area contributed by atoms with Crippen LogP contribution < -0.4 is 21.5 Å². The van der Waals surface area contributed by atoms with E-state index in [4.69, 9.17) is 16.2 Å². The fraction of sp³-hybridized carbons (Fsp3) is 0.391. The van der Waals surface area contributed by atoms with Crippen molar-refractivity contribution in [2.24, 2.45) is 23.3 Å². The first-order chi connectivity index (χ1) is 14.0. The number of hydrogen-bond acceptors (Lipinski definition) is 4. The predicted octanol–water partition coefficient (Wildman–Crippen LogP) is 3.21. The van der Waals surface area contributed by atoms with Crippen molar-refractivity contribution >= 4 is 11.8 Å². The maximum atomic E-state index is 12.8. The van der Waals surface area contributed by atoms with Crippen LogP contribution in [0.2, 0.25) is 0 Å². The van der Waals surface area contributed by atoms with Crippen molar-refractivity contribution in [3.05, 3.63) is 59.7 Å². The van der Waals surface area contributed by atoms with Crippen molar-refractivity contribution in [2.75, 3.05) is 0 Å². The third-order valence-electron chi connectivity index (χ3n) is 6.17. The van der Waals surface area contributed by atoms with Crippen LogP contribution >= 0.6 is 0 Å². The second-order valence-electron chi connectivity index (χ2n) is 8.20. The molecule has 6 heteroatoms. The normalized spacial score (nSPS) is 25.8. The molecule has 2 atom stereocenters. The maximum Gasteiger partial charge on any atom is 0.251 e. The van der Waals surface area contributed by atoms with E-state index in [1.165, 1.54) is 6.42 Å². The van der Waals surface area contributed by atoms with E-state index in [-0.39, 0.29) is 18.0 Å². The number of fused-ring (bicyclic) bond motifs is 2. The van der Waals surface area contributed by atoms with E-state index >= 15 is 0 Å². The molecule has 0 spiro atoms. The number of rotatable bonds is 5. The summed E-state index contributed by atoms with van der Waals surface area (Å²) in [5, 5.41) is 3.26. The topological polar surface area (TPSA) is 107 Å². The first-order valence-corrected chi connectivity index (χ1v) is 10.2. The second kappa shape index (κ2) is 8.25. The summed E-state index contributed by atoms with van der Waals surface area (Å²) in [4.78, 5) is 23.9. The predicted molar refractivity (Wildman–Crippen MR) is 111 cm³/mol. The van der Waals surface area contributed by atoms with Crippen LogP contribution in [0.1, 0.15) is 52.8 Å². The Balaban J connectivity index is 1.38. The Morgan fingerprint density at radius 2 is 1.38 bits per heavy atom. The van der Waals surface area contributed by atoms with E-state index in [9.17, 15) is 9.59 Å². The summed E-state index contributed by atoms with van der Waals surface area (Å²) in [6.45, 7) is 0. The molecule has 2 saturated carbocycles. The van der Waals surface area contributed by atoms with E-state index in [0.717, 1.165) is 25.7 Å². The largest absolute Gasteiger partial charge is 0.457 e. The van der Waals surface area contributed by atoms with Gasteiger partial charge in [0, 0.05) is 23.2 Å². The molecule has 6 nitrogen and oxygen atoms in total. The molecule has 5 N–H and O–H groups in total. The Hall–Kier alpha value is -2.86. The standard InChI is InChI=1S/C23H27N3O3/c24-18-12-16-2-1-3-17(13-18)21(16)26-23(28)15-6-10-20(11-7-15)29-19-8-4-14(5-9-19)22(25)27/h4-11,16-18,21H,1-3,12-13,24H2,(H2,25,27)(H,26,28). The second-order valence-corrected chi connectivity index (χ2v) is 8.20. The van der Waals surface area contributed by atoms with Gasteiger partial charge in [0.1, 0.15) is 11.5 Å². The molecule has 0 radical (unpaired) electrons. The summed E-state index contributed by atoms with van der Waals surface area (Å²) in [5.74, 6) is 1.68. The van der Waals surface area contributed by atoms with Gasteiger partial charge in [0.2, 0.25) is 5.91 Å². The quantitative estimate of drug-likeness (QED) is 0.725. The first kappa shape index (κ1) is 19.5. The molecule has 0 saturated heterocycles. The number of carbonyl (C=O) groups is 2. The number of amides is 2. The number of primary amides is 1. The van der Waals surface area contributed by atoms with Crippen LogP contribution in [0.25, 0.3) is 0 Å². The Labute approximate surface area is 170 Å². The molecule has 152 valence electrons. The number of nitrogens with one attached hydrogen (secondary N) is 1. The van der Waals surface area contributed by atoms with Crippen molar-refractivity contribution in [1.29, 1.82) is 0 Å². The molecule has 2 aromatic rings. The van der Waals surface area contributed by atoms with E-state index in [1.807, 2.05) is 0 Å². The summed E-state index contributed by atoms with van der Waals surface area (Å²) in [6.07, 6.45) is 5.54. The molecule has 29 heavy (non-hydrogen) atoms. The third kappa shape index (κ3) is 4.43. The van der Waals surface area contributed by atoms with Gasteiger partial charge in [-0.1, -0.05) is 6.42 Å². The highest BCUT2D eigenvalue weighted by Gasteiger charge is 2.39. The lowest BCUT2D eigenvalue weighted by molar-refractivity contribution is 0.0756. The minimum Gasteiger partial charge on any atom is -0.457 e. The zero-order valence-electron chi connectivity index (χ0n) is 16.3. The lowest BCUT2D eigenvalue weighted by Gasteiger charge is -2.45. The highest BCUT2D eigenvalue weighted by atomic mass is 16.5. The summed E-state index contributed by atoms with van der Waals surface area (Å²) < 4.78 is 5.77. The molecule has 2 bridgehead atoms. The fourth-order valence-corrected chi connectivity index (χ4v) is 4.76. The lowest BCUT2D eigenvalue weighted by atomic mass is 9.67. The van der Waals surface area contributed by atoms with Crippen molar-refractivity contribution in [2.45, 2.75) is 44.2 Å². The third-order valence-corrected chi connectivity index (χ3v) is 6.17. The van der Waals surface area contributed by atoms with Gasteiger partial charge in [-0.05, 0) is 86.1 Å². The molecule has 2 aromatic carbocycles. The molecular weight excluding hydrogens is 366 g/mol. The average molecular weight is 393 g/mol. The summed E-state index contributed by atoms with van der Waals surface area (Å²) >= 11 is 0. The van der Waals surface area contributed by atoms with Gasteiger partial charge in [-0.15, -0.1) is 0 Å². The van der Waals surface area contributed by atoms with Gasteiger partial charge in [0.15, 0.2) is 0 Å². The zero-order chi connectivity index (χ0) is 20.4. The maximum absolute atomic E-state index is 12.8. The molecule has 0 aromatic heterocycles. The molecule has 2 fully saturated rings. The van der Waals surface area contributed by atoms with Crippen LogP contribution in [-0.2, 0) is 0 Å². The van der Waals surface area contributed by atoms with Gasteiger partial charge in [-0.25, -0.2) is 0 Å². The summed E-state index contributed by atoms with van der Waals surface area (Å²) in [7, 11) is 0. The van der Waals surface area contributed by atoms with Crippen molar-refractivity contribution in [3.8, 4) is 11.5 Å². The molecule has 2 unspecified atom stereocenters. The van der Waals surface area contributed by atoms with Gasteiger partial charge < -0.3 is 21.5 Å². The van der Waals surface area contributed by atoms with Crippen LogP contribution in [0.15, 0.2) is 48.5 Å². The molecule has 0 aliphatic heterocycles. The Bertz CT molecular complexity index is 865. The minimum atomic E-state index is -0.476. The molecule has 2 aliphatic rings. The summed E-state index contributed by atoms with van der Waals surface area (Å²) in [5.41, 5.74) is 12.5. The Kier molecular flexibility index (Phi) is 5.53. The van der Waals surface area contributed by atoms with Crippen LogP contribution in [-0.4, -0.2) is 23.9 Å². The van der Waals surface area contributed by atoms with E-state index in [2.05, 4.69) is 5.32 Å². The highest BCUT2D eigenvalue weighted by Crippen LogP contribution is 2.39. The highest BCUT2D eigenvalue weighted by molar-refractivity contribution is 5.94. The SMILES string of the molecule is NC(=O)c1ccc(Oc2ccc(C(=O)NC3C4CCCC3CC(N)C4)cc2)cc1. The Morgan fingerprint density at radius 1 is 0.862 bits per heavy atom. The number of hydrogen-bond donors (Lipinski definition) is 3. The van der Waals surface area contributed by atoms with E-state index < -0.39 is 5.91 Å². The van der Waals surface area contributed by atoms with Gasteiger partial charge in [0.05, 0.1) is 0 Å². The van der Waals surface area contributed by atoms with Crippen molar-refractivity contribution in [3.63, 3.8) is 0 Å². The van der Waals surface area contributed by atoms with Crippen molar-refractivity contribution in [1.82, 2.24) is 5.32 Å². The molecule has 2 aliphatic carbocycles. The fourth-order valence-electron chi connectivity index (χ4n) is 4.76. The van der Waals surface area contributed by atoms with Gasteiger partial charge in [-0.2, -0.15) is 0 Å². The monoisotopic (exact) mass is 393 g/mol. The van der Waals surface area contributed by atoms with Gasteiger partial charge >= 0.3 is 0 Å². The first-order valence-electron chi connectivity index (χ1n) is 10.2. The van der Waals surface area contributed by atoms with E-state index in [0.29, 0.717) is 34.5 Å².